The molecule has 0 spiro atoms. The van der Waals surface area contributed by atoms with E-state index < -0.39 is 0 Å². The van der Waals surface area contributed by atoms with Crippen LogP contribution in [0, 0.1) is 12.3 Å². The quantitative estimate of drug-likeness (QED) is 0.784. The highest BCUT2D eigenvalue weighted by Gasteiger charge is 2.20. The summed E-state index contributed by atoms with van der Waals surface area (Å²) in [5, 5.41) is 3.29. The van der Waals surface area contributed by atoms with Gasteiger partial charge in [0.1, 0.15) is 0 Å². The molecule has 1 heterocycles. The highest BCUT2D eigenvalue weighted by atomic mass is 15.1. The van der Waals surface area contributed by atoms with Gasteiger partial charge in [-0.3, -0.25) is 0 Å². The summed E-state index contributed by atoms with van der Waals surface area (Å²) in [7, 11) is 0. The average molecular weight is 193 g/mol. The molecule has 0 radical (unpaired) electrons. The lowest BCUT2D eigenvalue weighted by Crippen LogP contribution is -2.31. The van der Waals surface area contributed by atoms with E-state index in [2.05, 4.69) is 43.0 Å². The molecule has 1 aromatic rings. The summed E-state index contributed by atoms with van der Waals surface area (Å²) in [6.07, 6.45) is 3.65. The lowest BCUT2D eigenvalue weighted by atomic mass is 9.88. The van der Waals surface area contributed by atoms with Crippen LogP contribution in [0.1, 0.15) is 33.3 Å². The standard InChI is InChI=1S/C11H19N3/c1-8-6-12-10(13-7-8)14-9(2)11(3,4)5/h6-7,9H,1-5H3,(H,12,13,14). The Morgan fingerprint density at radius 3 is 2.14 bits per heavy atom. The zero-order valence-electron chi connectivity index (χ0n) is 9.63. The number of aromatic nitrogens is 2. The van der Waals surface area contributed by atoms with Gasteiger partial charge >= 0.3 is 0 Å². The fraction of sp³-hybridized carbons (Fsp3) is 0.636. The van der Waals surface area contributed by atoms with Gasteiger partial charge in [0.2, 0.25) is 5.95 Å². The zero-order valence-corrected chi connectivity index (χ0v) is 9.63. The van der Waals surface area contributed by atoms with Crippen molar-refractivity contribution >= 4 is 5.95 Å². The summed E-state index contributed by atoms with van der Waals surface area (Å²) in [4.78, 5) is 8.42. The van der Waals surface area contributed by atoms with Gasteiger partial charge in [-0.25, -0.2) is 9.97 Å². The van der Waals surface area contributed by atoms with Crippen LogP contribution < -0.4 is 5.32 Å². The summed E-state index contributed by atoms with van der Waals surface area (Å²) < 4.78 is 0. The summed E-state index contributed by atoms with van der Waals surface area (Å²) in [6, 6.07) is 0.352. The van der Waals surface area contributed by atoms with Gasteiger partial charge in [-0.15, -0.1) is 0 Å². The Labute approximate surface area is 86.0 Å². The van der Waals surface area contributed by atoms with Gasteiger partial charge in [-0.2, -0.15) is 0 Å². The van der Waals surface area contributed by atoms with E-state index in [1.165, 1.54) is 0 Å². The molecule has 0 saturated carbocycles. The van der Waals surface area contributed by atoms with Crippen LogP contribution in [0.3, 0.4) is 0 Å². The van der Waals surface area contributed by atoms with Crippen LogP contribution in [0.4, 0.5) is 5.95 Å². The van der Waals surface area contributed by atoms with E-state index in [9.17, 15) is 0 Å². The van der Waals surface area contributed by atoms with E-state index in [-0.39, 0.29) is 5.41 Å². The van der Waals surface area contributed by atoms with Crippen molar-refractivity contribution in [1.29, 1.82) is 0 Å². The van der Waals surface area contributed by atoms with E-state index in [0.717, 1.165) is 5.56 Å². The molecule has 0 aliphatic rings. The minimum absolute atomic E-state index is 0.217. The van der Waals surface area contributed by atoms with Crippen LogP contribution in [0.15, 0.2) is 12.4 Å². The maximum Gasteiger partial charge on any atom is 0.222 e. The van der Waals surface area contributed by atoms with Crippen LogP contribution in [-0.4, -0.2) is 16.0 Å². The molecule has 1 aromatic heterocycles. The second kappa shape index (κ2) is 3.95. The molecule has 1 unspecified atom stereocenters. The zero-order chi connectivity index (χ0) is 10.8. The molecular weight excluding hydrogens is 174 g/mol. The van der Waals surface area contributed by atoms with Gasteiger partial charge in [-0.05, 0) is 24.8 Å². The SMILES string of the molecule is Cc1cnc(NC(C)C(C)(C)C)nc1. The fourth-order valence-corrected chi connectivity index (χ4v) is 0.877. The van der Waals surface area contributed by atoms with E-state index in [4.69, 9.17) is 0 Å². The Hall–Kier alpha value is -1.12. The third-order valence-electron chi connectivity index (χ3n) is 2.43. The lowest BCUT2D eigenvalue weighted by molar-refractivity contribution is 0.358. The Kier molecular flexibility index (Phi) is 3.09. The molecule has 1 atom stereocenters. The second-order valence-corrected chi connectivity index (χ2v) is 4.82. The van der Waals surface area contributed by atoms with Crippen molar-refractivity contribution < 1.29 is 0 Å². The van der Waals surface area contributed by atoms with Gasteiger partial charge in [-0.1, -0.05) is 20.8 Å². The van der Waals surface area contributed by atoms with Crippen molar-refractivity contribution in [3.05, 3.63) is 18.0 Å². The number of rotatable bonds is 2. The molecule has 0 aromatic carbocycles. The normalized spacial score (nSPS) is 13.8. The number of anilines is 1. The second-order valence-electron chi connectivity index (χ2n) is 4.82. The smallest absolute Gasteiger partial charge is 0.222 e. The molecule has 3 heteroatoms. The summed E-state index contributed by atoms with van der Waals surface area (Å²) in [5.74, 6) is 0.707. The molecule has 0 saturated heterocycles. The molecule has 78 valence electrons. The molecule has 0 fully saturated rings. The number of hydrogen-bond acceptors (Lipinski definition) is 3. The van der Waals surface area contributed by atoms with Crippen molar-refractivity contribution in [3.8, 4) is 0 Å². The number of hydrogen-bond donors (Lipinski definition) is 1. The topological polar surface area (TPSA) is 37.8 Å². The molecule has 0 aliphatic heterocycles. The van der Waals surface area contributed by atoms with Crippen LogP contribution >= 0.6 is 0 Å². The highest BCUT2D eigenvalue weighted by Crippen LogP contribution is 2.20. The molecule has 14 heavy (non-hydrogen) atoms. The van der Waals surface area contributed by atoms with Gasteiger partial charge in [0.25, 0.3) is 0 Å². The van der Waals surface area contributed by atoms with Crippen molar-refractivity contribution in [2.24, 2.45) is 5.41 Å². The highest BCUT2D eigenvalue weighted by molar-refractivity contribution is 5.26. The molecular formula is C11H19N3. The Morgan fingerprint density at radius 2 is 1.71 bits per heavy atom. The predicted octanol–water partition coefficient (Wildman–Crippen LogP) is 2.63. The maximum absolute atomic E-state index is 4.21. The van der Waals surface area contributed by atoms with Gasteiger partial charge in [0, 0.05) is 18.4 Å². The van der Waals surface area contributed by atoms with E-state index in [1.54, 1.807) is 0 Å². The Balaban J connectivity index is 2.65. The van der Waals surface area contributed by atoms with Crippen LogP contribution in [-0.2, 0) is 0 Å². The third-order valence-corrected chi connectivity index (χ3v) is 2.43. The van der Waals surface area contributed by atoms with E-state index in [0.29, 0.717) is 12.0 Å². The Morgan fingerprint density at radius 1 is 1.21 bits per heavy atom. The van der Waals surface area contributed by atoms with Gasteiger partial charge < -0.3 is 5.32 Å². The largest absolute Gasteiger partial charge is 0.351 e. The van der Waals surface area contributed by atoms with Gasteiger partial charge in [0.15, 0.2) is 0 Å². The third kappa shape index (κ3) is 2.98. The number of nitrogens with one attached hydrogen (secondary N) is 1. The van der Waals surface area contributed by atoms with Crippen LogP contribution in [0.25, 0.3) is 0 Å². The monoisotopic (exact) mass is 193 g/mol. The number of aryl methyl sites for hydroxylation is 1. The molecule has 0 aliphatic carbocycles. The first-order valence-corrected chi connectivity index (χ1v) is 4.95. The van der Waals surface area contributed by atoms with Crippen molar-refractivity contribution in [2.45, 2.75) is 40.7 Å². The van der Waals surface area contributed by atoms with Crippen LogP contribution in [0.5, 0.6) is 0 Å². The van der Waals surface area contributed by atoms with Crippen LogP contribution in [0.2, 0.25) is 0 Å². The Bertz CT molecular complexity index is 284. The average Bonchev–Trinajstić information content (AvgIpc) is 2.07. The molecule has 0 bridgehead atoms. The lowest BCUT2D eigenvalue weighted by Gasteiger charge is -2.27. The van der Waals surface area contributed by atoms with Crippen molar-refractivity contribution in [1.82, 2.24) is 9.97 Å². The number of nitrogens with zero attached hydrogens (tertiary/aromatic N) is 2. The summed E-state index contributed by atoms with van der Waals surface area (Å²) in [6.45, 7) is 10.7. The predicted molar refractivity (Wildman–Crippen MR) is 59.3 cm³/mol. The van der Waals surface area contributed by atoms with Crippen molar-refractivity contribution in [3.63, 3.8) is 0 Å². The minimum atomic E-state index is 0.217. The first-order chi connectivity index (χ1) is 6.39. The first-order valence-electron chi connectivity index (χ1n) is 4.95. The first kappa shape index (κ1) is 11.0. The fourth-order valence-electron chi connectivity index (χ4n) is 0.877. The van der Waals surface area contributed by atoms with E-state index in [1.807, 2.05) is 19.3 Å². The van der Waals surface area contributed by atoms with Gasteiger partial charge in [0.05, 0.1) is 0 Å². The summed E-state index contributed by atoms with van der Waals surface area (Å²) >= 11 is 0. The van der Waals surface area contributed by atoms with E-state index >= 15 is 0 Å². The molecule has 1 rings (SSSR count). The summed E-state index contributed by atoms with van der Waals surface area (Å²) in [5.41, 5.74) is 1.30. The van der Waals surface area contributed by atoms with Crippen molar-refractivity contribution in [2.75, 3.05) is 5.32 Å². The molecule has 0 amide bonds. The molecule has 1 N–H and O–H groups in total. The molecule has 3 nitrogen and oxygen atoms in total. The minimum Gasteiger partial charge on any atom is -0.351 e. The maximum atomic E-state index is 4.21.